The number of halogens is 1. The van der Waals surface area contributed by atoms with Crippen LogP contribution in [-0.4, -0.2) is 42.8 Å². The molecule has 0 saturated carbocycles. The van der Waals surface area contributed by atoms with E-state index in [4.69, 9.17) is 4.74 Å². The maximum absolute atomic E-state index is 13.1. The molecule has 0 aliphatic carbocycles. The van der Waals surface area contributed by atoms with Crippen LogP contribution in [0.1, 0.15) is 6.92 Å². The third-order valence-corrected chi connectivity index (χ3v) is 3.16. The molecule has 2 amide bonds. The van der Waals surface area contributed by atoms with Crippen molar-refractivity contribution in [2.75, 3.05) is 31.0 Å². The zero-order valence-corrected chi connectivity index (χ0v) is 13.8. The van der Waals surface area contributed by atoms with E-state index in [1.54, 1.807) is 19.4 Å². The van der Waals surface area contributed by atoms with Gasteiger partial charge in [0.1, 0.15) is 11.6 Å². The van der Waals surface area contributed by atoms with Gasteiger partial charge >= 0.3 is 6.03 Å². The zero-order valence-electron chi connectivity index (χ0n) is 13.8. The van der Waals surface area contributed by atoms with Crippen LogP contribution < -0.4 is 15.5 Å². The number of hydrogen-bond acceptors (Lipinski definition) is 5. The van der Waals surface area contributed by atoms with Crippen LogP contribution in [0, 0.1) is 5.82 Å². The van der Waals surface area contributed by atoms with E-state index in [2.05, 4.69) is 20.6 Å². The normalized spacial score (nSPS) is 11.7. The fourth-order valence-corrected chi connectivity index (χ4v) is 2.11. The summed E-state index contributed by atoms with van der Waals surface area (Å²) < 4.78 is 18.2. The monoisotopic (exact) mass is 333 g/mol. The second-order valence-corrected chi connectivity index (χ2v) is 5.11. The van der Waals surface area contributed by atoms with Gasteiger partial charge in [0, 0.05) is 32.5 Å². The summed E-state index contributed by atoms with van der Waals surface area (Å²) in [5.41, 5.74) is 0.491. The van der Waals surface area contributed by atoms with Gasteiger partial charge in [0.05, 0.1) is 12.3 Å². The molecule has 0 aliphatic rings. The predicted octanol–water partition coefficient (Wildman–Crippen LogP) is 2.54. The average molecular weight is 333 g/mol. The van der Waals surface area contributed by atoms with E-state index in [0.717, 1.165) is 0 Å². The van der Waals surface area contributed by atoms with E-state index < -0.39 is 6.03 Å². The Morgan fingerprint density at radius 3 is 2.67 bits per heavy atom. The minimum Gasteiger partial charge on any atom is -0.383 e. The van der Waals surface area contributed by atoms with Crippen molar-refractivity contribution in [1.29, 1.82) is 0 Å². The number of ether oxygens (including phenoxy) is 1. The number of carbonyl (C=O) groups excluding carboxylic acids is 1. The van der Waals surface area contributed by atoms with Gasteiger partial charge in [-0.25, -0.2) is 19.1 Å². The van der Waals surface area contributed by atoms with E-state index in [-0.39, 0.29) is 11.9 Å². The molecule has 0 fully saturated rings. The van der Waals surface area contributed by atoms with Crippen LogP contribution in [-0.2, 0) is 4.74 Å². The number of nitrogens with zero attached hydrogens (tertiary/aromatic N) is 3. The van der Waals surface area contributed by atoms with Crippen molar-refractivity contribution in [3.8, 4) is 0 Å². The molecule has 24 heavy (non-hydrogen) atoms. The molecule has 7 nitrogen and oxygen atoms in total. The predicted molar refractivity (Wildman–Crippen MR) is 90.0 cm³/mol. The number of anilines is 3. The Balaban J connectivity index is 2.33. The molecule has 1 heterocycles. The molecule has 8 heteroatoms. The van der Waals surface area contributed by atoms with Crippen LogP contribution in [0.3, 0.4) is 0 Å². The van der Waals surface area contributed by atoms with Crippen LogP contribution in [0.5, 0.6) is 0 Å². The topological polar surface area (TPSA) is 79.4 Å². The van der Waals surface area contributed by atoms with Gasteiger partial charge in [0.15, 0.2) is 0 Å². The standard InChI is InChI=1S/C16H20FN5O2/c1-11(10-24-3)20-15-19-9-8-14(21-15)22(16(23)18-2)13-6-4-12(17)5-7-13/h4-9,11H,10H2,1-3H3,(H,18,23)(H,19,20,21)/t11-/m0/s1. The van der Waals surface area contributed by atoms with Gasteiger partial charge in [-0.1, -0.05) is 0 Å². The smallest absolute Gasteiger partial charge is 0.327 e. The maximum atomic E-state index is 13.1. The second-order valence-electron chi connectivity index (χ2n) is 5.11. The molecule has 1 atom stereocenters. The van der Waals surface area contributed by atoms with E-state index >= 15 is 0 Å². The number of urea groups is 1. The molecular weight excluding hydrogens is 313 g/mol. The molecule has 0 aliphatic heterocycles. The van der Waals surface area contributed by atoms with Gasteiger partial charge in [-0.15, -0.1) is 0 Å². The molecule has 0 saturated heterocycles. The molecule has 2 aromatic rings. The summed E-state index contributed by atoms with van der Waals surface area (Å²) in [6.07, 6.45) is 1.55. The number of carbonyl (C=O) groups is 1. The zero-order chi connectivity index (χ0) is 17.5. The number of hydrogen-bond donors (Lipinski definition) is 2. The van der Waals surface area contributed by atoms with Crippen molar-refractivity contribution in [3.05, 3.63) is 42.3 Å². The van der Waals surface area contributed by atoms with Crippen molar-refractivity contribution >= 4 is 23.5 Å². The lowest BCUT2D eigenvalue weighted by atomic mass is 10.3. The van der Waals surface area contributed by atoms with Crippen molar-refractivity contribution in [2.45, 2.75) is 13.0 Å². The SMILES string of the molecule is CNC(=O)N(c1ccc(F)cc1)c1ccnc(N[C@@H](C)COC)n1. The highest BCUT2D eigenvalue weighted by Crippen LogP contribution is 2.24. The molecule has 1 aromatic carbocycles. The number of benzene rings is 1. The van der Waals surface area contributed by atoms with Gasteiger partial charge in [0.25, 0.3) is 0 Å². The van der Waals surface area contributed by atoms with Crippen molar-refractivity contribution in [1.82, 2.24) is 15.3 Å². The maximum Gasteiger partial charge on any atom is 0.327 e. The molecule has 0 unspecified atom stereocenters. The van der Waals surface area contributed by atoms with E-state index in [9.17, 15) is 9.18 Å². The van der Waals surface area contributed by atoms with Gasteiger partial charge < -0.3 is 15.4 Å². The first-order chi connectivity index (χ1) is 11.5. The lowest BCUT2D eigenvalue weighted by Gasteiger charge is -2.22. The van der Waals surface area contributed by atoms with Crippen LogP contribution in [0.2, 0.25) is 0 Å². The second kappa shape index (κ2) is 8.21. The third kappa shape index (κ3) is 4.39. The Kier molecular flexibility index (Phi) is 6.02. The minimum absolute atomic E-state index is 0.00419. The summed E-state index contributed by atoms with van der Waals surface area (Å²) in [5.74, 6) is 0.352. The molecular formula is C16H20FN5O2. The Morgan fingerprint density at radius 1 is 1.33 bits per heavy atom. The van der Waals surface area contributed by atoms with Crippen LogP contribution in [0.4, 0.5) is 26.6 Å². The number of amides is 2. The molecule has 0 radical (unpaired) electrons. The molecule has 0 bridgehead atoms. The van der Waals surface area contributed by atoms with Crippen molar-refractivity contribution in [3.63, 3.8) is 0 Å². The first kappa shape index (κ1) is 17.6. The summed E-state index contributed by atoms with van der Waals surface area (Å²) in [4.78, 5) is 22.1. The highest BCUT2D eigenvalue weighted by atomic mass is 19.1. The number of nitrogens with one attached hydrogen (secondary N) is 2. The molecule has 2 N–H and O–H groups in total. The first-order valence-electron chi connectivity index (χ1n) is 7.41. The van der Waals surface area contributed by atoms with Gasteiger partial charge in [-0.3, -0.25) is 0 Å². The summed E-state index contributed by atoms with van der Waals surface area (Å²) in [7, 11) is 3.12. The summed E-state index contributed by atoms with van der Waals surface area (Å²) in [6, 6.07) is 6.80. The van der Waals surface area contributed by atoms with Crippen LogP contribution in [0.25, 0.3) is 0 Å². The van der Waals surface area contributed by atoms with Gasteiger partial charge in [-0.05, 0) is 31.2 Å². The van der Waals surface area contributed by atoms with Crippen LogP contribution >= 0.6 is 0 Å². The summed E-state index contributed by atoms with van der Waals surface area (Å²) in [6.45, 7) is 2.42. The quantitative estimate of drug-likeness (QED) is 0.849. The summed E-state index contributed by atoms with van der Waals surface area (Å²) >= 11 is 0. The number of methoxy groups -OCH3 is 1. The van der Waals surface area contributed by atoms with Crippen molar-refractivity contribution in [2.24, 2.45) is 0 Å². The van der Waals surface area contributed by atoms with Gasteiger partial charge in [0.2, 0.25) is 5.95 Å². The van der Waals surface area contributed by atoms with Crippen LogP contribution in [0.15, 0.2) is 36.5 Å². The number of aromatic nitrogens is 2. The largest absolute Gasteiger partial charge is 0.383 e. The minimum atomic E-state index is -0.392. The fraction of sp³-hybridized carbons (Fsp3) is 0.312. The Labute approximate surface area is 139 Å². The Hall–Kier alpha value is -2.74. The fourth-order valence-electron chi connectivity index (χ4n) is 2.11. The molecule has 2 rings (SSSR count). The Morgan fingerprint density at radius 2 is 2.04 bits per heavy atom. The first-order valence-corrected chi connectivity index (χ1v) is 7.41. The lowest BCUT2D eigenvalue weighted by molar-refractivity contribution is 0.190. The highest BCUT2D eigenvalue weighted by Gasteiger charge is 2.19. The van der Waals surface area contributed by atoms with Crippen molar-refractivity contribution < 1.29 is 13.9 Å². The lowest BCUT2D eigenvalue weighted by Crippen LogP contribution is -2.35. The molecule has 1 aromatic heterocycles. The highest BCUT2D eigenvalue weighted by molar-refractivity contribution is 5.98. The number of rotatable bonds is 6. The van der Waals surface area contributed by atoms with E-state index in [1.165, 1.54) is 36.2 Å². The molecule has 128 valence electrons. The van der Waals surface area contributed by atoms with Gasteiger partial charge in [-0.2, -0.15) is 4.98 Å². The average Bonchev–Trinajstić information content (AvgIpc) is 2.57. The third-order valence-electron chi connectivity index (χ3n) is 3.16. The Bertz CT molecular complexity index is 680. The van der Waals surface area contributed by atoms with E-state index in [1.807, 2.05) is 6.92 Å². The summed E-state index contributed by atoms with van der Waals surface area (Å²) in [5, 5.41) is 5.64. The van der Waals surface area contributed by atoms with E-state index in [0.29, 0.717) is 24.1 Å². The molecule has 0 spiro atoms.